The molecule has 1 aromatic carbocycles. The first-order valence-electron chi connectivity index (χ1n) is 6.86. The highest BCUT2D eigenvalue weighted by molar-refractivity contribution is 7.12. The third kappa shape index (κ3) is 2.71. The largest absolute Gasteiger partial charge is 0.486 e. The molecule has 2 aliphatic heterocycles. The van der Waals surface area contributed by atoms with Crippen LogP contribution in [0.25, 0.3) is 6.08 Å². The van der Waals surface area contributed by atoms with Crippen molar-refractivity contribution in [1.29, 1.82) is 0 Å². The zero-order valence-corrected chi connectivity index (χ0v) is 13.3. The number of carbonyl (C=O) groups excluding carboxylic acids is 1. The van der Waals surface area contributed by atoms with Crippen LogP contribution in [0.15, 0.2) is 40.3 Å². The van der Waals surface area contributed by atoms with Gasteiger partial charge in [-0.2, -0.15) is 0 Å². The minimum Gasteiger partial charge on any atom is -0.486 e. The van der Waals surface area contributed by atoms with Gasteiger partial charge in [-0.25, -0.2) is 9.79 Å². The summed E-state index contributed by atoms with van der Waals surface area (Å²) in [4.78, 5) is 17.0. The van der Waals surface area contributed by atoms with Crippen molar-refractivity contribution in [3.63, 3.8) is 0 Å². The average molecular weight is 348 g/mol. The van der Waals surface area contributed by atoms with Gasteiger partial charge in [0.05, 0.1) is 9.90 Å². The smallest absolute Gasteiger partial charge is 0.363 e. The number of nitrogens with zero attached hydrogens (tertiary/aromatic N) is 1. The number of halogens is 1. The Morgan fingerprint density at radius 2 is 2.13 bits per heavy atom. The molecule has 7 heteroatoms. The Hall–Kier alpha value is -2.31. The summed E-state index contributed by atoms with van der Waals surface area (Å²) in [5, 5.41) is 2.33. The summed E-state index contributed by atoms with van der Waals surface area (Å²) >= 11 is 7.65. The highest BCUT2D eigenvalue weighted by atomic mass is 35.5. The molecule has 0 radical (unpaired) electrons. The molecule has 0 atom stereocenters. The van der Waals surface area contributed by atoms with Crippen molar-refractivity contribution in [3.05, 3.63) is 50.8 Å². The number of rotatable bonds is 2. The number of fused-ring (bicyclic) bond motifs is 1. The van der Waals surface area contributed by atoms with Gasteiger partial charge in [-0.05, 0) is 35.2 Å². The van der Waals surface area contributed by atoms with Gasteiger partial charge in [-0.15, -0.1) is 11.3 Å². The SMILES string of the molecule is O=C1OC(c2cccs2)=N/C1=C/c1cc(Cl)c2c(c1)OCCO2. The van der Waals surface area contributed by atoms with Crippen LogP contribution in [0.1, 0.15) is 10.4 Å². The Morgan fingerprint density at radius 1 is 1.26 bits per heavy atom. The zero-order valence-electron chi connectivity index (χ0n) is 11.7. The molecule has 0 bridgehead atoms. The molecule has 3 heterocycles. The molecule has 0 aliphatic carbocycles. The molecule has 0 spiro atoms. The lowest BCUT2D eigenvalue weighted by molar-refractivity contribution is -0.129. The lowest BCUT2D eigenvalue weighted by Gasteiger charge is -2.19. The Kier molecular flexibility index (Phi) is 3.55. The van der Waals surface area contributed by atoms with Crippen molar-refractivity contribution in [1.82, 2.24) is 0 Å². The molecule has 1 aromatic heterocycles. The number of carbonyl (C=O) groups is 1. The highest BCUT2D eigenvalue weighted by Gasteiger charge is 2.25. The minimum absolute atomic E-state index is 0.223. The topological polar surface area (TPSA) is 57.1 Å². The number of thiophene rings is 1. The van der Waals surface area contributed by atoms with E-state index < -0.39 is 5.97 Å². The van der Waals surface area contributed by atoms with Crippen LogP contribution in [-0.2, 0) is 9.53 Å². The summed E-state index contributed by atoms with van der Waals surface area (Å²) in [6.45, 7) is 0.931. The summed E-state index contributed by atoms with van der Waals surface area (Å²) in [5.41, 5.74) is 0.920. The van der Waals surface area contributed by atoms with E-state index in [9.17, 15) is 4.79 Å². The number of esters is 1. The van der Waals surface area contributed by atoms with E-state index in [1.165, 1.54) is 11.3 Å². The van der Waals surface area contributed by atoms with Crippen LogP contribution in [0.3, 0.4) is 0 Å². The number of benzene rings is 1. The first-order chi connectivity index (χ1) is 11.2. The van der Waals surface area contributed by atoms with Gasteiger partial charge in [0.15, 0.2) is 17.2 Å². The highest BCUT2D eigenvalue weighted by Crippen LogP contribution is 2.39. The maximum Gasteiger partial charge on any atom is 0.363 e. The number of cyclic esters (lactones) is 1. The number of aliphatic imine (C=N–C) groups is 1. The van der Waals surface area contributed by atoms with E-state index in [2.05, 4.69) is 4.99 Å². The molecule has 116 valence electrons. The van der Waals surface area contributed by atoms with E-state index in [1.807, 2.05) is 17.5 Å². The summed E-state index contributed by atoms with van der Waals surface area (Å²) < 4.78 is 16.2. The first-order valence-corrected chi connectivity index (χ1v) is 8.12. The predicted octanol–water partition coefficient (Wildman–Crippen LogP) is 3.52. The van der Waals surface area contributed by atoms with Gasteiger partial charge >= 0.3 is 5.97 Å². The Balaban J connectivity index is 1.70. The van der Waals surface area contributed by atoms with Crippen molar-refractivity contribution in [2.24, 2.45) is 4.99 Å². The zero-order chi connectivity index (χ0) is 15.8. The molecule has 0 saturated carbocycles. The van der Waals surface area contributed by atoms with Gasteiger partial charge in [0.1, 0.15) is 13.2 Å². The van der Waals surface area contributed by atoms with E-state index in [0.717, 1.165) is 4.88 Å². The van der Waals surface area contributed by atoms with Crippen LogP contribution in [0.2, 0.25) is 5.02 Å². The maximum absolute atomic E-state index is 12.0. The number of hydrogen-bond donors (Lipinski definition) is 0. The van der Waals surface area contributed by atoms with Gasteiger partial charge < -0.3 is 14.2 Å². The Labute approximate surface area is 140 Å². The van der Waals surface area contributed by atoms with Crippen LogP contribution in [0.5, 0.6) is 11.5 Å². The molecule has 0 unspecified atom stereocenters. The summed E-state index contributed by atoms with van der Waals surface area (Å²) in [6, 6.07) is 7.19. The average Bonchev–Trinajstić information content (AvgIpc) is 3.18. The molecular weight excluding hydrogens is 338 g/mol. The van der Waals surface area contributed by atoms with Gasteiger partial charge in [0.25, 0.3) is 0 Å². The van der Waals surface area contributed by atoms with Crippen LogP contribution in [-0.4, -0.2) is 25.1 Å². The van der Waals surface area contributed by atoms with Crippen LogP contribution in [0.4, 0.5) is 0 Å². The molecule has 0 saturated heterocycles. The second kappa shape index (κ2) is 5.72. The van der Waals surface area contributed by atoms with Crippen molar-refractivity contribution >= 4 is 40.9 Å². The summed E-state index contributed by atoms with van der Waals surface area (Å²) in [6.07, 6.45) is 1.62. The van der Waals surface area contributed by atoms with E-state index in [0.29, 0.717) is 41.2 Å². The monoisotopic (exact) mass is 347 g/mol. The third-order valence-electron chi connectivity index (χ3n) is 3.28. The van der Waals surface area contributed by atoms with Crippen LogP contribution < -0.4 is 9.47 Å². The number of hydrogen-bond acceptors (Lipinski definition) is 6. The molecule has 0 fully saturated rings. The fourth-order valence-electron chi connectivity index (χ4n) is 2.29. The van der Waals surface area contributed by atoms with Gasteiger partial charge in [-0.3, -0.25) is 0 Å². The van der Waals surface area contributed by atoms with E-state index in [4.69, 9.17) is 25.8 Å². The maximum atomic E-state index is 12.0. The predicted molar refractivity (Wildman–Crippen MR) is 87.4 cm³/mol. The van der Waals surface area contributed by atoms with Crippen molar-refractivity contribution in [3.8, 4) is 11.5 Å². The summed E-state index contributed by atoms with van der Waals surface area (Å²) in [7, 11) is 0. The second-order valence-corrected chi connectivity index (χ2v) is 6.20. The number of ether oxygens (including phenoxy) is 3. The molecule has 4 rings (SSSR count). The fourth-order valence-corrected chi connectivity index (χ4v) is 3.21. The third-order valence-corrected chi connectivity index (χ3v) is 4.41. The van der Waals surface area contributed by atoms with Crippen molar-refractivity contribution < 1.29 is 19.0 Å². The molecule has 0 N–H and O–H groups in total. The molecule has 23 heavy (non-hydrogen) atoms. The second-order valence-electron chi connectivity index (χ2n) is 4.84. The van der Waals surface area contributed by atoms with Crippen molar-refractivity contribution in [2.75, 3.05) is 13.2 Å². The fraction of sp³-hybridized carbons (Fsp3) is 0.125. The Morgan fingerprint density at radius 3 is 2.96 bits per heavy atom. The van der Waals surface area contributed by atoms with Gasteiger partial charge in [-0.1, -0.05) is 17.7 Å². The normalized spacial score (nSPS) is 18.0. The summed E-state index contributed by atoms with van der Waals surface area (Å²) in [5.74, 6) is 0.917. The standard InChI is InChI=1S/C16H10ClNO4S/c17-10-6-9(8-12-14(10)21-4-3-20-12)7-11-16(19)22-15(18-11)13-2-1-5-23-13/h1-2,5-8H,3-4H2/b11-7+. The van der Waals surface area contributed by atoms with Crippen LogP contribution >= 0.6 is 22.9 Å². The van der Waals surface area contributed by atoms with E-state index in [1.54, 1.807) is 18.2 Å². The minimum atomic E-state index is -0.487. The van der Waals surface area contributed by atoms with E-state index in [-0.39, 0.29) is 5.70 Å². The lowest BCUT2D eigenvalue weighted by atomic mass is 10.1. The molecule has 0 amide bonds. The molecule has 2 aromatic rings. The van der Waals surface area contributed by atoms with Gasteiger partial charge in [0, 0.05) is 0 Å². The molecule has 2 aliphatic rings. The Bertz CT molecular complexity index is 842. The quantitative estimate of drug-likeness (QED) is 0.616. The molecule has 5 nitrogen and oxygen atoms in total. The molecular formula is C16H10ClNO4S. The van der Waals surface area contributed by atoms with E-state index >= 15 is 0 Å². The van der Waals surface area contributed by atoms with Gasteiger partial charge in [0.2, 0.25) is 5.90 Å². The van der Waals surface area contributed by atoms with Crippen molar-refractivity contribution in [2.45, 2.75) is 0 Å². The first kappa shape index (κ1) is 14.3. The lowest BCUT2D eigenvalue weighted by Crippen LogP contribution is -2.15. The van der Waals surface area contributed by atoms with Crippen LogP contribution in [0, 0.1) is 0 Å².